The maximum atomic E-state index is 12.4. The van der Waals surface area contributed by atoms with Crippen LogP contribution in [0.5, 0.6) is 0 Å². The lowest BCUT2D eigenvalue weighted by Gasteiger charge is -2.17. The number of likely N-dealkylation sites (N-methyl/N-ethyl adjacent to an activating group) is 1. The third kappa shape index (κ3) is 4.79. The van der Waals surface area contributed by atoms with Crippen molar-refractivity contribution < 1.29 is 14.3 Å². The van der Waals surface area contributed by atoms with Crippen LogP contribution in [0.3, 0.4) is 0 Å². The monoisotopic (exact) mass is 314 g/mol. The van der Waals surface area contributed by atoms with Gasteiger partial charge in [-0.1, -0.05) is 30.3 Å². The summed E-state index contributed by atoms with van der Waals surface area (Å²) >= 11 is 0. The van der Waals surface area contributed by atoms with E-state index in [0.717, 1.165) is 17.2 Å². The Morgan fingerprint density at radius 2 is 1.87 bits per heavy atom. The fraction of sp³-hybridized carbons (Fsp3) is 0.333. The van der Waals surface area contributed by atoms with Crippen molar-refractivity contribution in [3.63, 3.8) is 0 Å². The maximum absolute atomic E-state index is 12.4. The summed E-state index contributed by atoms with van der Waals surface area (Å²) in [6.07, 6.45) is 0.755. The molecule has 122 valence electrons. The number of methoxy groups -OCH3 is 1. The Labute approximate surface area is 136 Å². The number of nitrogens with one attached hydrogen (secondary N) is 1. The van der Waals surface area contributed by atoms with Crippen LogP contribution < -0.4 is 5.32 Å². The number of nitrogens with zero attached hydrogens (tertiary/aromatic N) is 1. The lowest BCUT2D eigenvalue weighted by molar-refractivity contribution is -0.121. The Morgan fingerprint density at radius 3 is 2.61 bits per heavy atom. The standard InChI is InChI=1S/C18H22N2O3/c1-20(13-17(21)19-10-5-11-23-2)18(22)16-9-8-14-6-3-4-7-15(14)12-16/h3-4,6-9,12H,5,10-11,13H2,1-2H3,(H,19,21). The van der Waals surface area contributed by atoms with Crippen LogP contribution in [-0.4, -0.2) is 50.6 Å². The quantitative estimate of drug-likeness (QED) is 0.796. The highest BCUT2D eigenvalue weighted by Gasteiger charge is 2.15. The van der Waals surface area contributed by atoms with Crippen LogP contribution >= 0.6 is 0 Å². The highest BCUT2D eigenvalue weighted by Crippen LogP contribution is 2.16. The van der Waals surface area contributed by atoms with Gasteiger partial charge in [0.1, 0.15) is 0 Å². The van der Waals surface area contributed by atoms with Gasteiger partial charge in [-0.2, -0.15) is 0 Å². The van der Waals surface area contributed by atoms with Crippen LogP contribution in [0.2, 0.25) is 0 Å². The topological polar surface area (TPSA) is 58.6 Å². The van der Waals surface area contributed by atoms with E-state index in [1.807, 2.05) is 36.4 Å². The third-order valence-electron chi connectivity index (χ3n) is 3.57. The zero-order valence-corrected chi connectivity index (χ0v) is 13.5. The third-order valence-corrected chi connectivity index (χ3v) is 3.57. The number of hydrogen-bond acceptors (Lipinski definition) is 3. The fourth-order valence-electron chi connectivity index (χ4n) is 2.33. The molecule has 0 aliphatic heterocycles. The molecule has 2 rings (SSSR count). The van der Waals surface area contributed by atoms with Crippen LogP contribution in [0.1, 0.15) is 16.8 Å². The summed E-state index contributed by atoms with van der Waals surface area (Å²) in [5.74, 6) is -0.333. The molecule has 0 aliphatic carbocycles. The summed E-state index contributed by atoms with van der Waals surface area (Å²) in [5.41, 5.74) is 0.582. The molecule has 0 aliphatic rings. The molecule has 2 aromatic carbocycles. The Balaban J connectivity index is 1.94. The molecule has 0 bridgehead atoms. The van der Waals surface area contributed by atoms with Crippen LogP contribution in [0.15, 0.2) is 42.5 Å². The van der Waals surface area contributed by atoms with E-state index in [9.17, 15) is 9.59 Å². The van der Waals surface area contributed by atoms with Gasteiger partial charge in [0.2, 0.25) is 5.91 Å². The van der Waals surface area contributed by atoms with Crippen LogP contribution in [0.4, 0.5) is 0 Å². The summed E-state index contributed by atoms with van der Waals surface area (Å²) in [5, 5.41) is 4.87. The van der Waals surface area contributed by atoms with E-state index in [4.69, 9.17) is 4.74 Å². The number of amides is 2. The number of fused-ring (bicyclic) bond motifs is 1. The summed E-state index contributed by atoms with van der Waals surface area (Å²) in [7, 11) is 3.25. The first kappa shape index (κ1) is 17.0. The van der Waals surface area contributed by atoms with Crippen molar-refractivity contribution in [1.82, 2.24) is 10.2 Å². The summed E-state index contributed by atoms with van der Waals surface area (Å²) in [6.45, 7) is 1.19. The van der Waals surface area contributed by atoms with E-state index in [-0.39, 0.29) is 18.4 Å². The Hall–Kier alpha value is -2.40. The molecule has 1 N–H and O–H groups in total. The normalized spacial score (nSPS) is 10.5. The second-order valence-electron chi connectivity index (χ2n) is 5.42. The molecule has 0 saturated carbocycles. The molecule has 0 aromatic heterocycles. The summed E-state index contributed by atoms with van der Waals surface area (Å²) in [4.78, 5) is 25.7. The summed E-state index contributed by atoms with van der Waals surface area (Å²) in [6, 6.07) is 13.4. The molecule has 0 unspecified atom stereocenters. The molecule has 2 aromatic rings. The average molecular weight is 314 g/mol. The number of carbonyl (C=O) groups excluding carboxylic acids is 2. The molecule has 0 radical (unpaired) electrons. The minimum absolute atomic E-state index is 0.0403. The maximum Gasteiger partial charge on any atom is 0.254 e. The van der Waals surface area contributed by atoms with E-state index in [2.05, 4.69) is 5.32 Å². The van der Waals surface area contributed by atoms with Gasteiger partial charge in [0.25, 0.3) is 5.91 Å². The lowest BCUT2D eigenvalue weighted by Crippen LogP contribution is -2.38. The highest BCUT2D eigenvalue weighted by molar-refractivity contribution is 5.99. The Kier molecular flexibility index (Phi) is 6.11. The second-order valence-corrected chi connectivity index (χ2v) is 5.42. The van der Waals surface area contributed by atoms with Crippen molar-refractivity contribution in [1.29, 1.82) is 0 Å². The number of ether oxygens (including phenoxy) is 1. The van der Waals surface area contributed by atoms with Gasteiger partial charge in [0, 0.05) is 32.9 Å². The molecule has 0 spiro atoms. The highest BCUT2D eigenvalue weighted by atomic mass is 16.5. The predicted molar refractivity (Wildman–Crippen MR) is 90.4 cm³/mol. The van der Waals surface area contributed by atoms with Crippen molar-refractivity contribution in [2.24, 2.45) is 0 Å². The molecule has 0 heterocycles. The number of hydrogen-bond donors (Lipinski definition) is 1. The molecular weight excluding hydrogens is 292 g/mol. The SMILES string of the molecule is COCCCNC(=O)CN(C)C(=O)c1ccc2ccccc2c1. The van der Waals surface area contributed by atoms with E-state index < -0.39 is 0 Å². The van der Waals surface area contributed by atoms with E-state index in [0.29, 0.717) is 18.7 Å². The van der Waals surface area contributed by atoms with E-state index in [1.165, 1.54) is 4.90 Å². The van der Waals surface area contributed by atoms with Crippen molar-refractivity contribution in [2.45, 2.75) is 6.42 Å². The van der Waals surface area contributed by atoms with Gasteiger partial charge in [-0.15, -0.1) is 0 Å². The molecule has 5 nitrogen and oxygen atoms in total. The zero-order chi connectivity index (χ0) is 16.7. The molecule has 0 atom stereocenters. The molecule has 23 heavy (non-hydrogen) atoms. The fourth-order valence-corrected chi connectivity index (χ4v) is 2.33. The minimum Gasteiger partial charge on any atom is -0.385 e. The molecule has 0 saturated heterocycles. The van der Waals surface area contributed by atoms with Gasteiger partial charge < -0.3 is 15.0 Å². The van der Waals surface area contributed by atoms with Gasteiger partial charge in [0.15, 0.2) is 0 Å². The van der Waals surface area contributed by atoms with Crippen molar-refractivity contribution in [2.75, 3.05) is 33.9 Å². The molecule has 5 heteroatoms. The number of rotatable bonds is 7. The van der Waals surface area contributed by atoms with Gasteiger partial charge in [-0.05, 0) is 29.3 Å². The van der Waals surface area contributed by atoms with E-state index >= 15 is 0 Å². The Bertz CT molecular complexity index is 685. The predicted octanol–water partition coefficient (Wildman–Crippen LogP) is 2.06. The van der Waals surface area contributed by atoms with Crippen LogP contribution in [0, 0.1) is 0 Å². The smallest absolute Gasteiger partial charge is 0.254 e. The van der Waals surface area contributed by atoms with Gasteiger partial charge in [-0.25, -0.2) is 0 Å². The minimum atomic E-state index is -0.169. The first-order valence-corrected chi connectivity index (χ1v) is 7.61. The molecule has 2 amide bonds. The summed E-state index contributed by atoms with van der Waals surface area (Å²) < 4.78 is 4.92. The van der Waals surface area contributed by atoms with Crippen molar-refractivity contribution in [3.05, 3.63) is 48.0 Å². The van der Waals surface area contributed by atoms with E-state index in [1.54, 1.807) is 20.2 Å². The van der Waals surface area contributed by atoms with Gasteiger partial charge >= 0.3 is 0 Å². The van der Waals surface area contributed by atoms with Crippen molar-refractivity contribution >= 4 is 22.6 Å². The van der Waals surface area contributed by atoms with Gasteiger partial charge in [-0.3, -0.25) is 9.59 Å². The molecular formula is C18H22N2O3. The Morgan fingerprint density at radius 1 is 1.13 bits per heavy atom. The zero-order valence-electron chi connectivity index (χ0n) is 13.5. The van der Waals surface area contributed by atoms with Crippen LogP contribution in [-0.2, 0) is 9.53 Å². The molecule has 0 fully saturated rings. The second kappa shape index (κ2) is 8.29. The van der Waals surface area contributed by atoms with Crippen molar-refractivity contribution in [3.8, 4) is 0 Å². The van der Waals surface area contributed by atoms with Gasteiger partial charge in [0.05, 0.1) is 6.54 Å². The lowest BCUT2D eigenvalue weighted by atomic mass is 10.1. The first-order valence-electron chi connectivity index (χ1n) is 7.61. The first-order chi connectivity index (χ1) is 11.1. The average Bonchev–Trinajstić information content (AvgIpc) is 2.57. The largest absolute Gasteiger partial charge is 0.385 e. The number of carbonyl (C=O) groups is 2. The van der Waals surface area contributed by atoms with Crippen LogP contribution in [0.25, 0.3) is 10.8 Å². The number of benzene rings is 2.